The Hall–Kier alpha value is 0.250. The van der Waals surface area contributed by atoms with Gasteiger partial charge in [-0.3, -0.25) is 4.79 Å². The lowest BCUT2D eigenvalue weighted by Crippen LogP contribution is -1.85. The summed E-state index contributed by atoms with van der Waals surface area (Å²) in [5, 5.41) is 0. The van der Waals surface area contributed by atoms with Crippen LogP contribution in [0.4, 0.5) is 4.79 Å². The molecular formula is C9H16Cl2O. The highest BCUT2D eigenvalue weighted by Crippen LogP contribution is 2.15. The molecule has 0 aliphatic heterocycles. The average molecular weight is 211 g/mol. The smallest absolute Gasteiger partial charge is 0.262 e. The van der Waals surface area contributed by atoms with Gasteiger partial charge in [0.1, 0.15) is 0 Å². The summed E-state index contributed by atoms with van der Waals surface area (Å²) in [7, 11) is 0. The van der Waals surface area contributed by atoms with E-state index in [1.807, 2.05) is 0 Å². The van der Waals surface area contributed by atoms with Crippen LogP contribution in [0.1, 0.15) is 51.4 Å². The van der Waals surface area contributed by atoms with Crippen molar-refractivity contribution in [2.24, 2.45) is 0 Å². The minimum absolute atomic E-state index is 0.889. The highest BCUT2D eigenvalue weighted by atomic mass is 35.5. The molecule has 0 bridgehead atoms. The SMILES string of the molecule is C1CCCCCCC1.O=C(Cl)Cl. The van der Waals surface area contributed by atoms with Gasteiger partial charge in [-0.2, -0.15) is 0 Å². The number of hydrogen-bond donors (Lipinski definition) is 0. The van der Waals surface area contributed by atoms with Crippen molar-refractivity contribution in [1.82, 2.24) is 0 Å². The number of rotatable bonds is 0. The molecule has 1 fully saturated rings. The van der Waals surface area contributed by atoms with E-state index in [9.17, 15) is 0 Å². The van der Waals surface area contributed by atoms with E-state index < -0.39 is 4.70 Å². The molecule has 1 nitrogen and oxygen atoms in total. The summed E-state index contributed by atoms with van der Waals surface area (Å²) >= 11 is 8.80. The second kappa shape index (κ2) is 9.34. The predicted octanol–water partition coefficient (Wildman–Crippen LogP) is 4.70. The number of hydrogen-bond acceptors (Lipinski definition) is 1. The van der Waals surface area contributed by atoms with Gasteiger partial charge in [-0.25, -0.2) is 0 Å². The molecule has 1 aliphatic rings. The van der Waals surface area contributed by atoms with Crippen LogP contribution in [-0.4, -0.2) is 4.70 Å². The van der Waals surface area contributed by atoms with Crippen molar-refractivity contribution in [3.63, 3.8) is 0 Å². The maximum atomic E-state index is 8.98. The van der Waals surface area contributed by atoms with Crippen molar-refractivity contribution >= 4 is 27.9 Å². The van der Waals surface area contributed by atoms with E-state index in [0.717, 1.165) is 0 Å². The predicted molar refractivity (Wildman–Crippen MR) is 54.0 cm³/mol. The first-order valence-electron chi connectivity index (χ1n) is 4.58. The van der Waals surface area contributed by atoms with Crippen LogP contribution in [0.5, 0.6) is 0 Å². The zero-order valence-corrected chi connectivity index (χ0v) is 8.83. The molecule has 0 atom stereocenters. The summed E-state index contributed by atoms with van der Waals surface area (Å²) in [6.07, 6.45) is 12.0. The van der Waals surface area contributed by atoms with Gasteiger partial charge >= 0.3 is 4.70 Å². The molecule has 0 heterocycles. The number of carbonyl (C=O) groups excluding carboxylic acids is 1. The molecule has 0 spiro atoms. The summed E-state index contributed by atoms with van der Waals surface area (Å²) in [6, 6.07) is 0. The maximum absolute atomic E-state index is 8.98. The Balaban J connectivity index is 0.000000261. The Bertz CT molecular complexity index is 87.1. The third-order valence-corrected chi connectivity index (χ3v) is 2.00. The third kappa shape index (κ3) is 12.9. The van der Waals surface area contributed by atoms with Crippen LogP contribution >= 0.6 is 23.2 Å². The second-order valence-corrected chi connectivity index (χ2v) is 3.93. The van der Waals surface area contributed by atoms with Crippen molar-refractivity contribution < 1.29 is 4.79 Å². The van der Waals surface area contributed by atoms with Crippen LogP contribution in [0.25, 0.3) is 0 Å². The van der Waals surface area contributed by atoms with Gasteiger partial charge in [-0.15, -0.1) is 0 Å². The molecule has 0 radical (unpaired) electrons. The summed E-state index contributed by atoms with van der Waals surface area (Å²) in [5.74, 6) is 0. The Morgan fingerprint density at radius 3 is 0.833 bits per heavy atom. The first-order chi connectivity index (χ1) is 5.73. The fourth-order valence-electron chi connectivity index (χ4n) is 1.41. The Kier molecular flexibility index (Phi) is 9.53. The first-order valence-corrected chi connectivity index (χ1v) is 5.34. The fraction of sp³-hybridized carbons (Fsp3) is 0.889. The maximum Gasteiger partial charge on any atom is 0.313 e. The molecule has 0 unspecified atom stereocenters. The molecule has 72 valence electrons. The molecule has 1 saturated carbocycles. The van der Waals surface area contributed by atoms with E-state index in [2.05, 4.69) is 23.2 Å². The molecule has 0 amide bonds. The Morgan fingerprint density at radius 1 is 0.667 bits per heavy atom. The zero-order chi connectivity index (χ0) is 9.23. The molecule has 12 heavy (non-hydrogen) atoms. The topological polar surface area (TPSA) is 17.1 Å². The van der Waals surface area contributed by atoms with E-state index in [-0.39, 0.29) is 0 Å². The van der Waals surface area contributed by atoms with Gasteiger partial charge in [0.15, 0.2) is 0 Å². The second-order valence-electron chi connectivity index (χ2n) is 3.05. The van der Waals surface area contributed by atoms with Crippen molar-refractivity contribution in [3.8, 4) is 0 Å². The lowest BCUT2D eigenvalue weighted by molar-refractivity contribution is 0.275. The van der Waals surface area contributed by atoms with Crippen LogP contribution in [-0.2, 0) is 0 Å². The summed E-state index contributed by atoms with van der Waals surface area (Å²) in [6.45, 7) is 0. The highest BCUT2D eigenvalue weighted by molar-refractivity contribution is 6.93. The molecular weight excluding hydrogens is 195 g/mol. The fourth-order valence-corrected chi connectivity index (χ4v) is 1.41. The zero-order valence-electron chi connectivity index (χ0n) is 7.32. The lowest BCUT2D eigenvalue weighted by Gasteiger charge is -2.05. The van der Waals surface area contributed by atoms with Crippen molar-refractivity contribution in [2.75, 3.05) is 0 Å². The molecule has 0 saturated heterocycles. The molecule has 0 aromatic heterocycles. The van der Waals surface area contributed by atoms with E-state index in [1.165, 1.54) is 51.4 Å². The van der Waals surface area contributed by atoms with Gasteiger partial charge in [0.25, 0.3) is 0 Å². The Morgan fingerprint density at radius 2 is 0.750 bits per heavy atom. The van der Waals surface area contributed by atoms with Crippen LogP contribution < -0.4 is 0 Å². The van der Waals surface area contributed by atoms with Crippen LogP contribution in [0.15, 0.2) is 0 Å². The normalized spacial score (nSPS) is 18.2. The molecule has 0 aromatic carbocycles. The number of halogens is 2. The summed E-state index contributed by atoms with van der Waals surface area (Å²) < 4.78 is -0.889. The van der Waals surface area contributed by atoms with Gasteiger partial charge in [0, 0.05) is 0 Å². The van der Waals surface area contributed by atoms with Crippen LogP contribution in [0, 0.1) is 0 Å². The van der Waals surface area contributed by atoms with Gasteiger partial charge in [0.2, 0.25) is 0 Å². The van der Waals surface area contributed by atoms with Crippen LogP contribution in [0.2, 0.25) is 0 Å². The van der Waals surface area contributed by atoms with Gasteiger partial charge in [-0.1, -0.05) is 51.4 Å². The van der Waals surface area contributed by atoms with Gasteiger partial charge in [0.05, 0.1) is 0 Å². The largest absolute Gasteiger partial charge is 0.313 e. The molecule has 0 aromatic rings. The Labute approximate surface area is 84.4 Å². The van der Waals surface area contributed by atoms with E-state index in [0.29, 0.717) is 0 Å². The first kappa shape index (κ1) is 12.2. The van der Waals surface area contributed by atoms with Crippen molar-refractivity contribution in [2.45, 2.75) is 51.4 Å². The van der Waals surface area contributed by atoms with Crippen LogP contribution in [0.3, 0.4) is 0 Å². The molecule has 3 heteroatoms. The minimum atomic E-state index is -0.889. The van der Waals surface area contributed by atoms with Crippen molar-refractivity contribution in [1.29, 1.82) is 0 Å². The van der Waals surface area contributed by atoms with Gasteiger partial charge < -0.3 is 0 Å². The van der Waals surface area contributed by atoms with E-state index in [4.69, 9.17) is 4.79 Å². The molecule has 1 aliphatic carbocycles. The average Bonchev–Trinajstić information content (AvgIpc) is 1.82. The number of carbonyl (C=O) groups is 1. The summed E-state index contributed by atoms with van der Waals surface area (Å²) in [5.41, 5.74) is 0. The monoisotopic (exact) mass is 210 g/mol. The lowest BCUT2D eigenvalue weighted by atomic mass is 10.0. The minimum Gasteiger partial charge on any atom is -0.262 e. The summed E-state index contributed by atoms with van der Waals surface area (Å²) in [4.78, 5) is 8.98. The molecule has 0 N–H and O–H groups in total. The van der Waals surface area contributed by atoms with E-state index >= 15 is 0 Å². The third-order valence-electron chi connectivity index (χ3n) is 2.00. The van der Waals surface area contributed by atoms with Crippen molar-refractivity contribution in [3.05, 3.63) is 0 Å². The highest BCUT2D eigenvalue weighted by Gasteiger charge is 1.95. The standard InChI is InChI=1S/C8H16.CCl2O/c1-2-4-6-8-7-5-3-1;2-1(3)4/h1-8H2;. The van der Waals surface area contributed by atoms with E-state index in [1.54, 1.807) is 0 Å². The van der Waals surface area contributed by atoms with Gasteiger partial charge in [-0.05, 0) is 23.2 Å². The molecule has 1 rings (SSSR count). The quantitative estimate of drug-likeness (QED) is 0.530.